The van der Waals surface area contributed by atoms with Gasteiger partial charge in [0.1, 0.15) is 5.82 Å². The number of rotatable bonds is 9. The standard InChI is InChI=1S/C21H23FN4O4S/c1-3-6-19-24-21(30-25-19)12-11-20(27)23-15-10-9-14(2)18(13-15)31(28,29)26-17-8-5-4-7-16(17)22/h4-5,7-10,13,26H,3,6,11-12H2,1-2H3,(H,23,27). The SMILES string of the molecule is CCCc1noc(CCC(=O)Nc2ccc(C)c(S(=O)(=O)Nc3ccccc3F)c2)n1. The van der Waals surface area contributed by atoms with E-state index in [4.69, 9.17) is 4.52 Å². The molecule has 0 saturated heterocycles. The number of nitrogens with zero attached hydrogens (tertiary/aromatic N) is 2. The van der Waals surface area contributed by atoms with E-state index in [0.717, 1.165) is 12.5 Å². The third kappa shape index (κ3) is 5.88. The van der Waals surface area contributed by atoms with Crippen LogP contribution in [-0.2, 0) is 27.7 Å². The summed E-state index contributed by atoms with van der Waals surface area (Å²) in [5, 5.41) is 6.50. The van der Waals surface area contributed by atoms with E-state index in [1.54, 1.807) is 19.1 Å². The predicted octanol–water partition coefficient (Wildman–Crippen LogP) is 3.84. The van der Waals surface area contributed by atoms with Crippen molar-refractivity contribution in [3.8, 4) is 0 Å². The molecule has 1 amide bonds. The van der Waals surface area contributed by atoms with E-state index in [-0.39, 0.29) is 29.3 Å². The Hall–Kier alpha value is -3.27. The molecule has 0 aliphatic carbocycles. The number of anilines is 2. The Balaban J connectivity index is 1.68. The highest BCUT2D eigenvalue weighted by atomic mass is 32.2. The summed E-state index contributed by atoms with van der Waals surface area (Å²) < 4.78 is 46.7. The topological polar surface area (TPSA) is 114 Å². The summed E-state index contributed by atoms with van der Waals surface area (Å²) in [6, 6.07) is 9.99. The maximum atomic E-state index is 13.9. The highest BCUT2D eigenvalue weighted by Gasteiger charge is 2.20. The number of hydrogen-bond donors (Lipinski definition) is 2. The van der Waals surface area contributed by atoms with E-state index >= 15 is 0 Å². The molecule has 0 radical (unpaired) electrons. The van der Waals surface area contributed by atoms with Crippen molar-refractivity contribution in [3.63, 3.8) is 0 Å². The molecule has 0 unspecified atom stereocenters. The number of benzene rings is 2. The number of para-hydroxylation sites is 1. The lowest BCUT2D eigenvalue weighted by Crippen LogP contribution is -2.17. The molecule has 2 aromatic carbocycles. The van der Waals surface area contributed by atoms with Crippen molar-refractivity contribution in [2.24, 2.45) is 0 Å². The number of carbonyl (C=O) groups is 1. The lowest BCUT2D eigenvalue weighted by atomic mass is 10.2. The van der Waals surface area contributed by atoms with E-state index in [1.807, 2.05) is 6.92 Å². The number of halogens is 1. The molecule has 10 heteroatoms. The van der Waals surface area contributed by atoms with Crippen molar-refractivity contribution in [3.05, 3.63) is 65.6 Å². The van der Waals surface area contributed by atoms with E-state index < -0.39 is 15.8 Å². The third-order valence-corrected chi connectivity index (χ3v) is 5.94. The molecule has 0 saturated carbocycles. The average molecular weight is 447 g/mol. The first-order chi connectivity index (χ1) is 14.8. The number of amides is 1. The molecule has 164 valence electrons. The first-order valence-corrected chi connectivity index (χ1v) is 11.3. The van der Waals surface area contributed by atoms with Crippen molar-refractivity contribution < 1.29 is 22.1 Å². The van der Waals surface area contributed by atoms with E-state index in [2.05, 4.69) is 20.2 Å². The Bertz CT molecular complexity index is 1180. The number of sulfonamides is 1. The van der Waals surface area contributed by atoms with Crippen LogP contribution in [0.2, 0.25) is 0 Å². The fourth-order valence-electron chi connectivity index (χ4n) is 2.87. The monoisotopic (exact) mass is 446 g/mol. The lowest BCUT2D eigenvalue weighted by Gasteiger charge is -2.13. The van der Waals surface area contributed by atoms with Crippen LogP contribution in [0.15, 0.2) is 51.9 Å². The van der Waals surface area contributed by atoms with E-state index in [0.29, 0.717) is 29.4 Å². The van der Waals surface area contributed by atoms with Gasteiger partial charge in [0.2, 0.25) is 11.8 Å². The highest BCUT2D eigenvalue weighted by Crippen LogP contribution is 2.24. The van der Waals surface area contributed by atoms with Gasteiger partial charge in [-0.25, -0.2) is 12.8 Å². The zero-order valence-electron chi connectivity index (χ0n) is 17.2. The van der Waals surface area contributed by atoms with Crippen LogP contribution in [0.1, 0.15) is 37.0 Å². The van der Waals surface area contributed by atoms with Gasteiger partial charge >= 0.3 is 0 Å². The number of carbonyl (C=O) groups excluding carboxylic acids is 1. The van der Waals surface area contributed by atoms with Gasteiger partial charge in [-0.3, -0.25) is 9.52 Å². The number of nitrogens with one attached hydrogen (secondary N) is 2. The summed E-state index contributed by atoms with van der Waals surface area (Å²) >= 11 is 0. The van der Waals surface area contributed by atoms with Crippen LogP contribution in [0.5, 0.6) is 0 Å². The van der Waals surface area contributed by atoms with Crippen LogP contribution in [0.4, 0.5) is 15.8 Å². The van der Waals surface area contributed by atoms with Gasteiger partial charge in [-0.1, -0.05) is 30.3 Å². The van der Waals surface area contributed by atoms with Crippen molar-refractivity contribution in [1.29, 1.82) is 0 Å². The maximum Gasteiger partial charge on any atom is 0.262 e. The average Bonchev–Trinajstić information content (AvgIpc) is 3.17. The molecule has 31 heavy (non-hydrogen) atoms. The number of aromatic nitrogens is 2. The van der Waals surface area contributed by atoms with E-state index in [1.165, 1.54) is 24.3 Å². The molecule has 0 aliphatic rings. The Morgan fingerprint density at radius 3 is 2.68 bits per heavy atom. The fraction of sp³-hybridized carbons (Fsp3) is 0.286. The lowest BCUT2D eigenvalue weighted by molar-refractivity contribution is -0.116. The van der Waals surface area contributed by atoms with Gasteiger partial charge in [-0.2, -0.15) is 4.98 Å². The number of hydrogen-bond acceptors (Lipinski definition) is 6. The second-order valence-electron chi connectivity index (χ2n) is 6.97. The molecule has 8 nitrogen and oxygen atoms in total. The van der Waals surface area contributed by atoms with Crippen molar-refractivity contribution in [2.45, 2.75) is 44.4 Å². The van der Waals surface area contributed by atoms with Crippen LogP contribution in [0.25, 0.3) is 0 Å². The normalized spacial score (nSPS) is 11.3. The van der Waals surface area contributed by atoms with Gasteiger partial charge < -0.3 is 9.84 Å². The minimum absolute atomic E-state index is 0.0605. The maximum absolute atomic E-state index is 13.9. The summed E-state index contributed by atoms with van der Waals surface area (Å²) in [4.78, 5) is 16.4. The molecular formula is C21H23FN4O4S. The largest absolute Gasteiger partial charge is 0.339 e. The molecule has 0 spiro atoms. The molecule has 3 aromatic rings. The highest BCUT2D eigenvalue weighted by molar-refractivity contribution is 7.92. The van der Waals surface area contributed by atoms with Crippen molar-refractivity contribution in [2.75, 3.05) is 10.0 Å². The molecule has 0 atom stereocenters. The zero-order chi connectivity index (χ0) is 22.4. The summed E-state index contributed by atoms with van der Waals surface area (Å²) in [7, 11) is -4.06. The first kappa shape index (κ1) is 22.4. The summed E-state index contributed by atoms with van der Waals surface area (Å²) in [6.45, 7) is 3.62. The quantitative estimate of drug-likeness (QED) is 0.516. The Morgan fingerprint density at radius 2 is 1.94 bits per heavy atom. The van der Waals surface area contributed by atoms with Crippen LogP contribution in [0, 0.1) is 12.7 Å². The van der Waals surface area contributed by atoms with Crippen molar-refractivity contribution in [1.82, 2.24) is 10.1 Å². The summed E-state index contributed by atoms with van der Waals surface area (Å²) in [6.07, 6.45) is 1.97. The molecule has 2 N–H and O–H groups in total. The summed E-state index contributed by atoms with van der Waals surface area (Å²) in [5.41, 5.74) is 0.608. The third-order valence-electron chi connectivity index (χ3n) is 4.43. The van der Waals surface area contributed by atoms with Crippen LogP contribution in [0.3, 0.4) is 0 Å². The van der Waals surface area contributed by atoms with Gasteiger partial charge in [0, 0.05) is 24.9 Å². The van der Waals surface area contributed by atoms with Crippen LogP contribution in [-0.4, -0.2) is 24.5 Å². The second kappa shape index (κ2) is 9.69. The van der Waals surface area contributed by atoms with Gasteiger partial charge in [-0.05, 0) is 43.2 Å². The Morgan fingerprint density at radius 1 is 1.16 bits per heavy atom. The summed E-state index contributed by atoms with van der Waals surface area (Å²) in [5.74, 6) is -0.0330. The molecule has 3 rings (SSSR count). The molecule has 0 bridgehead atoms. The predicted molar refractivity (Wildman–Crippen MR) is 114 cm³/mol. The zero-order valence-corrected chi connectivity index (χ0v) is 18.0. The molecule has 1 heterocycles. The fourth-order valence-corrected chi connectivity index (χ4v) is 4.21. The smallest absolute Gasteiger partial charge is 0.262 e. The number of aryl methyl sites for hydroxylation is 3. The van der Waals surface area contributed by atoms with Gasteiger partial charge in [0.25, 0.3) is 10.0 Å². The van der Waals surface area contributed by atoms with Crippen molar-refractivity contribution >= 4 is 27.3 Å². The molecule has 1 aromatic heterocycles. The molecule has 0 fully saturated rings. The van der Waals surface area contributed by atoms with Gasteiger partial charge in [0.05, 0.1) is 10.6 Å². The van der Waals surface area contributed by atoms with Crippen LogP contribution < -0.4 is 10.0 Å². The van der Waals surface area contributed by atoms with Crippen LogP contribution >= 0.6 is 0 Å². The van der Waals surface area contributed by atoms with Gasteiger partial charge in [-0.15, -0.1) is 0 Å². The van der Waals surface area contributed by atoms with Gasteiger partial charge in [0.15, 0.2) is 5.82 Å². The molecular weight excluding hydrogens is 423 g/mol. The van der Waals surface area contributed by atoms with E-state index in [9.17, 15) is 17.6 Å². The minimum atomic E-state index is -4.06. The Labute approximate surface area is 179 Å². The first-order valence-electron chi connectivity index (χ1n) is 9.78. The molecule has 0 aliphatic heterocycles. The second-order valence-corrected chi connectivity index (χ2v) is 8.62. The Kier molecular flexibility index (Phi) is 7.01. The minimum Gasteiger partial charge on any atom is -0.339 e.